The van der Waals surface area contributed by atoms with E-state index in [4.69, 9.17) is 5.73 Å². The van der Waals surface area contributed by atoms with Gasteiger partial charge in [0.25, 0.3) is 10.2 Å². The smallest absolute Gasteiger partial charge is 0.277 e. The molecular formula is C10H17N3O2S. The maximum atomic E-state index is 11.4. The summed E-state index contributed by atoms with van der Waals surface area (Å²) < 4.78 is 27.7. The fourth-order valence-electron chi connectivity index (χ4n) is 1.17. The zero-order valence-electron chi connectivity index (χ0n) is 9.23. The van der Waals surface area contributed by atoms with E-state index in [-0.39, 0.29) is 6.54 Å². The highest BCUT2D eigenvalue weighted by molar-refractivity contribution is 7.87. The summed E-state index contributed by atoms with van der Waals surface area (Å²) in [7, 11) is -3.40. The summed E-state index contributed by atoms with van der Waals surface area (Å²) in [5.41, 5.74) is 7.04. The first-order valence-electron chi connectivity index (χ1n) is 5.12. The van der Waals surface area contributed by atoms with Crippen LogP contribution in [-0.2, 0) is 16.8 Å². The van der Waals surface area contributed by atoms with Gasteiger partial charge < -0.3 is 5.73 Å². The van der Waals surface area contributed by atoms with Crippen molar-refractivity contribution in [1.29, 1.82) is 0 Å². The molecule has 0 aliphatic heterocycles. The number of rotatable bonds is 6. The van der Waals surface area contributed by atoms with Gasteiger partial charge in [0, 0.05) is 18.8 Å². The molecule has 1 aromatic rings. The van der Waals surface area contributed by atoms with Gasteiger partial charge in [-0.2, -0.15) is 13.1 Å². The highest BCUT2D eigenvalue weighted by Crippen LogP contribution is 2.06. The van der Waals surface area contributed by atoms with Crippen molar-refractivity contribution in [2.45, 2.75) is 19.9 Å². The Morgan fingerprint density at radius 2 is 2.06 bits per heavy atom. The first-order valence-corrected chi connectivity index (χ1v) is 6.60. The summed E-state index contributed by atoms with van der Waals surface area (Å²) in [5, 5.41) is 0. The molecule has 4 N–H and O–H groups in total. The zero-order chi connectivity index (χ0) is 12.0. The number of nitrogens with one attached hydrogen (secondary N) is 2. The lowest BCUT2D eigenvalue weighted by atomic mass is 10.2. The van der Waals surface area contributed by atoms with Crippen LogP contribution >= 0.6 is 0 Å². The lowest BCUT2D eigenvalue weighted by Gasteiger charge is -2.07. The third-order valence-electron chi connectivity index (χ3n) is 1.96. The van der Waals surface area contributed by atoms with Gasteiger partial charge in [0.15, 0.2) is 0 Å². The minimum absolute atomic E-state index is 0.240. The molecule has 0 amide bonds. The number of anilines is 1. The van der Waals surface area contributed by atoms with Crippen LogP contribution in [0.4, 0.5) is 5.69 Å². The molecule has 6 heteroatoms. The van der Waals surface area contributed by atoms with Crippen molar-refractivity contribution in [3.8, 4) is 0 Å². The van der Waals surface area contributed by atoms with Gasteiger partial charge in [-0.05, 0) is 24.1 Å². The Morgan fingerprint density at radius 1 is 1.31 bits per heavy atom. The maximum Gasteiger partial charge on any atom is 0.277 e. The van der Waals surface area contributed by atoms with E-state index >= 15 is 0 Å². The molecule has 0 unspecified atom stereocenters. The molecule has 0 fully saturated rings. The van der Waals surface area contributed by atoms with E-state index in [1.165, 1.54) is 0 Å². The monoisotopic (exact) mass is 243 g/mol. The molecule has 0 radical (unpaired) electrons. The molecule has 5 nitrogen and oxygen atoms in total. The summed E-state index contributed by atoms with van der Waals surface area (Å²) in [4.78, 5) is 0. The van der Waals surface area contributed by atoms with Crippen molar-refractivity contribution >= 4 is 15.9 Å². The number of hydrogen-bond acceptors (Lipinski definition) is 3. The van der Waals surface area contributed by atoms with Crippen molar-refractivity contribution in [2.75, 3.05) is 12.3 Å². The van der Waals surface area contributed by atoms with E-state index in [9.17, 15) is 8.42 Å². The molecule has 0 spiro atoms. The first kappa shape index (κ1) is 13.0. The van der Waals surface area contributed by atoms with Crippen LogP contribution in [0.15, 0.2) is 24.3 Å². The molecular weight excluding hydrogens is 226 g/mol. The summed E-state index contributed by atoms with van der Waals surface area (Å²) >= 11 is 0. The van der Waals surface area contributed by atoms with Crippen molar-refractivity contribution in [1.82, 2.24) is 9.44 Å². The summed E-state index contributed by atoms with van der Waals surface area (Å²) in [6.45, 7) is 2.58. The van der Waals surface area contributed by atoms with E-state index in [0.717, 1.165) is 12.0 Å². The van der Waals surface area contributed by atoms with Crippen molar-refractivity contribution < 1.29 is 8.42 Å². The Labute approximate surface area is 96.2 Å². The summed E-state index contributed by atoms with van der Waals surface area (Å²) in [5.74, 6) is 0. The van der Waals surface area contributed by atoms with E-state index in [1.807, 2.05) is 13.0 Å². The summed E-state index contributed by atoms with van der Waals surface area (Å²) in [6.07, 6.45) is 0.763. The lowest BCUT2D eigenvalue weighted by molar-refractivity contribution is 0.565. The van der Waals surface area contributed by atoms with Crippen LogP contribution in [0.25, 0.3) is 0 Å². The largest absolute Gasteiger partial charge is 0.399 e. The van der Waals surface area contributed by atoms with Gasteiger partial charge in [0.2, 0.25) is 0 Å². The molecule has 0 bridgehead atoms. The summed E-state index contributed by atoms with van der Waals surface area (Å²) in [6, 6.07) is 7.10. The van der Waals surface area contributed by atoms with Gasteiger partial charge in [-0.3, -0.25) is 0 Å². The van der Waals surface area contributed by atoms with Gasteiger partial charge in [-0.15, -0.1) is 0 Å². The highest BCUT2D eigenvalue weighted by atomic mass is 32.2. The lowest BCUT2D eigenvalue weighted by Crippen LogP contribution is -2.36. The molecule has 1 aromatic carbocycles. The molecule has 0 aliphatic rings. The second-order valence-electron chi connectivity index (χ2n) is 3.46. The number of benzene rings is 1. The minimum Gasteiger partial charge on any atom is -0.399 e. The first-order chi connectivity index (χ1) is 7.53. The Morgan fingerprint density at radius 3 is 2.69 bits per heavy atom. The van der Waals surface area contributed by atoms with E-state index in [2.05, 4.69) is 9.44 Å². The fourth-order valence-corrected chi connectivity index (χ4v) is 2.10. The highest BCUT2D eigenvalue weighted by Gasteiger charge is 2.07. The SMILES string of the molecule is CCCNS(=O)(=O)NCc1cccc(N)c1. The van der Waals surface area contributed by atoms with Gasteiger partial charge in [-0.25, -0.2) is 4.72 Å². The van der Waals surface area contributed by atoms with Crippen molar-refractivity contribution in [3.63, 3.8) is 0 Å². The molecule has 16 heavy (non-hydrogen) atoms. The molecule has 1 rings (SSSR count). The Balaban J connectivity index is 2.51. The average molecular weight is 243 g/mol. The molecule has 0 saturated carbocycles. The zero-order valence-corrected chi connectivity index (χ0v) is 10.0. The quantitative estimate of drug-likeness (QED) is 0.640. The molecule has 0 atom stereocenters. The Bertz CT molecular complexity index is 431. The third kappa shape index (κ3) is 4.61. The van der Waals surface area contributed by atoms with Crippen LogP contribution in [-0.4, -0.2) is 15.0 Å². The van der Waals surface area contributed by atoms with Crippen LogP contribution in [0.1, 0.15) is 18.9 Å². The normalized spacial score (nSPS) is 11.6. The Kier molecular flexibility index (Phi) is 4.72. The van der Waals surface area contributed by atoms with Crippen LogP contribution in [0.2, 0.25) is 0 Å². The average Bonchev–Trinajstić information content (AvgIpc) is 2.24. The molecule has 0 aliphatic carbocycles. The van der Waals surface area contributed by atoms with E-state index in [1.54, 1.807) is 18.2 Å². The minimum atomic E-state index is -3.40. The van der Waals surface area contributed by atoms with E-state index in [0.29, 0.717) is 12.2 Å². The number of hydrogen-bond donors (Lipinski definition) is 3. The predicted octanol–water partition coefficient (Wildman–Crippen LogP) is 0.603. The van der Waals surface area contributed by atoms with Crippen LogP contribution < -0.4 is 15.2 Å². The molecule has 0 heterocycles. The molecule has 0 aromatic heterocycles. The van der Waals surface area contributed by atoms with Gasteiger partial charge in [0.05, 0.1) is 0 Å². The van der Waals surface area contributed by atoms with Gasteiger partial charge in [0.1, 0.15) is 0 Å². The molecule has 90 valence electrons. The van der Waals surface area contributed by atoms with Crippen LogP contribution in [0.3, 0.4) is 0 Å². The van der Waals surface area contributed by atoms with Gasteiger partial charge >= 0.3 is 0 Å². The van der Waals surface area contributed by atoms with Gasteiger partial charge in [-0.1, -0.05) is 19.1 Å². The second-order valence-corrected chi connectivity index (χ2v) is 5.05. The third-order valence-corrected chi connectivity index (χ3v) is 3.07. The van der Waals surface area contributed by atoms with E-state index < -0.39 is 10.2 Å². The fraction of sp³-hybridized carbons (Fsp3) is 0.400. The number of nitrogen functional groups attached to an aromatic ring is 1. The Hall–Kier alpha value is -1.11. The van der Waals surface area contributed by atoms with Crippen molar-refractivity contribution in [3.05, 3.63) is 29.8 Å². The topological polar surface area (TPSA) is 84.2 Å². The van der Waals surface area contributed by atoms with Crippen LogP contribution in [0, 0.1) is 0 Å². The second kappa shape index (κ2) is 5.83. The standard InChI is InChI=1S/C10H17N3O2S/c1-2-6-12-16(14,15)13-8-9-4-3-5-10(11)7-9/h3-5,7,12-13H,2,6,8,11H2,1H3. The van der Waals surface area contributed by atoms with Crippen molar-refractivity contribution in [2.24, 2.45) is 0 Å². The number of nitrogens with two attached hydrogens (primary N) is 1. The van der Waals surface area contributed by atoms with Crippen LogP contribution in [0.5, 0.6) is 0 Å². The maximum absolute atomic E-state index is 11.4. The molecule has 0 saturated heterocycles. The predicted molar refractivity (Wildman–Crippen MR) is 64.9 cm³/mol.